The molecule has 108 valence electrons. The van der Waals surface area contributed by atoms with Crippen LogP contribution in [0.2, 0.25) is 0 Å². The van der Waals surface area contributed by atoms with Gasteiger partial charge >= 0.3 is 11.9 Å². The minimum Gasteiger partial charge on any atom is -0.520 e. The van der Waals surface area contributed by atoms with Gasteiger partial charge in [-0.2, -0.15) is 6.41 Å². The number of benzene rings is 1. The van der Waals surface area contributed by atoms with Crippen LogP contribution in [0.25, 0.3) is 0 Å². The van der Waals surface area contributed by atoms with Gasteiger partial charge < -0.3 is 20.0 Å². The van der Waals surface area contributed by atoms with Crippen LogP contribution in [0.3, 0.4) is 0 Å². The minimum absolute atomic E-state index is 0. The molecule has 0 bridgehead atoms. The zero-order valence-electron chi connectivity index (χ0n) is 9.96. The van der Waals surface area contributed by atoms with Crippen molar-refractivity contribution in [2.45, 2.75) is 12.5 Å². The van der Waals surface area contributed by atoms with Crippen molar-refractivity contribution in [1.29, 1.82) is 0 Å². The molecule has 1 aromatic carbocycles. The number of esters is 1. The summed E-state index contributed by atoms with van der Waals surface area (Å²) in [6.07, 6.45) is 1.65. The number of carbonyl (C=O) groups excluding carboxylic acids is 2. The van der Waals surface area contributed by atoms with Gasteiger partial charge in [0.1, 0.15) is 6.04 Å². The van der Waals surface area contributed by atoms with Crippen molar-refractivity contribution in [3.63, 3.8) is 0 Å². The van der Waals surface area contributed by atoms with Gasteiger partial charge in [0.25, 0.3) is 0 Å². The number of rotatable bonds is 6. The smallest absolute Gasteiger partial charge is 0.335 e. The van der Waals surface area contributed by atoms with Crippen LogP contribution in [0.4, 0.5) is 0 Å². The maximum absolute atomic E-state index is 11.3. The van der Waals surface area contributed by atoms with Gasteiger partial charge in [-0.15, -0.1) is 0 Å². The molecule has 0 aliphatic heterocycles. The second-order valence-electron chi connectivity index (χ2n) is 3.53. The molecule has 0 aliphatic carbocycles. The van der Waals surface area contributed by atoms with Gasteiger partial charge in [0.2, 0.25) is 0 Å². The van der Waals surface area contributed by atoms with Crippen LogP contribution in [-0.2, 0) is 20.7 Å². The Kier molecular flexibility index (Phi) is 5.80. The largest absolute Gasteiger partial charge is 0.520 e. The molecule has 1 atom stereocenters. The van der Waals surface area contributed by atoms with Gasteiger partial charge in [0.05, 0.1) is 12.7 Å². The number of hydrogen-bond donors (Lipinski definition) is 2. The average Bonchev–Trinajstić information content (AvgIpc) is 2.38. The predicted octanol–water partition coefficient (Wildman–Crippen LogP) is 0.126. The van der Waals surface area contributed by atoms with Crippen LogP contribution in [0.5, 0.6) is 0 Å². The Bertz CT molecular complexity index is 446. The number of carboxylic acid groups (broad SMARTS) is 1. The molecule has 0 radical (unpaired) electrons. The van der Waals surface area contributed by atoms with E-state index in [0.29, 0.717) is 5.56 Å². The summed E-state index contributed by atoms with van der Waals surface area (Å²) in [6.45, 7) is 0. The molecule has 0 saturated carbocycles. The molecule has 0 heterocycles. The van der Waals surface area contributed by atoms with E-state index in [1.165, 1.54) is 25.7 Å². The first-order chi connectivity index (χ1) is 8.58. The Morgan fingerprint density at radius 3 is 2.37 bits per heavy atom. The van der Waals surface area contributed by atoms with Crippen LogP contribution < -0.4 is 5.32 Å². The van der Waals surface area contributed by atoms with Crippen molar-refractivity contribution < 1.29 is 24.2 Å². The first-order valence-electron chi connectivity index (χ1n) is 5.11. The Morgan fingerprint density at radius 2 is 1.95 bits per heavy atom. The molecule has 0 aliphatic rings. The van der Waals surface area contributed by atoms with E-state index in [2.05, 4.69) is 10.1 Å². The summed E-state index contributed by atoms with van der Waals surface area (Å²) in [7, 11) is 1.22. The minimum atomic E-state index is -1.02. The van der Waals surface area contributed by atoms with Crippen molar-refractivity contribution in [3.05, 3.63) is 35.4 Å². The van der Waals surface area contributed by atoms with E-state index < -0.39 is 18.0 Å². The van der Waals surface area contributed by atoms with Crippen molar-refractivity contribution in [3.8, 4) is 0 Å². The average molecular weight is 507 g/mol. The fraction of sp³-hybridized carbons (Fsp3) is 0.250. The normalized spacial score (nSPS) is 10.8. The quantitative estimate of drug-likeness (QED) is 0.325. The van der Waals surface area contributed by atoms with Crippen molar-refractivity contribution >= 4 is 18.3 Å². The summed E-state index contributed by atoms with van der Waals surface area (Å²) >= 11 is 0. The second-order valence-corrected chi connectivity index (χ2v) is 3.53. The van der Waals surface area contributed by atoms with E-state index in [0.717, 1.165) is 0 Å². The van der Waals surface area contributed by atoms with Gasteiger partial charge in [-0.05, 0) is 17.7 Å². The molecule has 0 fully saturated rings. The number of nitrogens with one attached hydrogen (secondary N) is 1. The van der Waals surface area contributed by atoms with Crippen molar-refractivity contribution in [2.75, 3.05) is 7.11 Å². The standard InChI is InChI=1S/C12H12NO5.Fm/c1-18-12(17)10(13-7-14)6-8-2-4-9(5-3-8)11(15)16;/h2-5,10H,6H2,1H3,(H,13,14)(H,15,16);/q-1;/t10-;/m0./s1. The SMILES string of the molecule is COC(=O)[C@H](Cc1ccc(C(=O)O)cc1)N[C-]=O.[Fm]. The Balaban J connectivity index is 0.00000324. The van der Waals surface area contributed by atoms with Crippen LogP contribution in [-0.4, -0.2) is 36.6 Å². The number of aromatic carboxylic acids is 1. The van der Waals surface area contributed by atoms with E-state index >= 15 is 0 Å². The first-order valence-corrected chi connectivity index (χ1v) is 5.11. The molecule has 6 nitrogen and oxygen atoms in total. The fourth-order valence-electron chi connectivity index (χ4n) is 1.43. The maximum Gasteiger partial charge on any atom is 0.335 e. The molecular weight excluding hydrogens is 495 g/mol. The van der Waals surface area contributed by atoms with Gasteiger partial charge in [-0.1, -0.05) is 12.1 Å². The Hall–Kier alpha value is -3.37. The molecule has 0 aromatic heterocycles. The number of ether oxygens (including phenoxy) is 1. The monoisotopic (exact) mass is 507 g/mol. The topological polar surface area (TPSA) is 92.7 Å². The number of carbonyl (C=O) groups is 2. The third-order valence-corrected chi connectivity index (χ3v) is 2.36. The molecule has 1 rings (SSSR count). The Labute approximate surface area is 104 Å². The zero-order valence-corrected chi connectivity index (χ0v) is 12.4. The van der Waals surface area contributed by atoms with Gasteiger partial charge in [0, 0.05) is 6.42 Å². The molecular formula is C12H12FmNO5-. The summed E-state index contributed by atoms with van der Waals surface area (Å²) in [5.74, 6) is -1.61. The summed E-state index contributed by atoms with van der Waals surface area (Å²) < 4.78 is 4.52. The maximum atomic E-state index is 11.3. The molecule has 2 N–H and O–H groups in total. The van der Waals surface area contributed by atoms with Gasteiger partial charge in [-0.3, -0.25) is 0 Å². The molecule has 19 heavy (non-hydrogen) atoms. The molecule has 1 amide bonds. The summed E-state index contributed by atoms with van der Waals surface area (Å²) in [4.78, 5) is 32.2. The number of amides is 1. The van der Waals surface area contributed by atoms with E-state index in [4.69, 9.17) is 5.11 Å². The van der Waals surface area contributed by atoms with Gasteiger partial charge in [0.15, 0.2) is 0 Å². The number of methoxy groups -OCH3 is 1. The zero-order chi connectivity index (χ0) is 13.5. The third-order valence-electron chi connectivity index (χ3n) is 2.36. The first kappa shape index (κ1) is 15.6. The summed E-state index contributed by atoms with van der Waals surface area (Å²) in [5.41, 5.74) is 0.862. The van der Waals surface area contributed by atoms with Crippen LogP contribution in [0, 0.1) is 0 Å². The Morgan fingerprint density at radius 1 is 1.37 bits per heavy atom. The molecule has 0 saturated heterocycles. The molecule has 0 spiro atoms. The molecule has 0 unspecified atom stereocenters. The number of carboxylic acids is 1. The second kappa shape index (κ2) is 7.05. The van der Waals surface area contributed by atoms with E-state index in [1.54, 1.807) is 12.1 Å². The third kappa shape index (κ3) is 4.18. The summed E-state index contributed by atoms with van der Waals surface area (Å²) in [5, 5.41) is 11.0. The fourth-order valence-corrected chi connectivity index (χ4v) is 1.43. The predicted molar refractivity (Wildman–Crippen MR) is 61.7 cm³/mol. The summed E-state index contributed by atoms with van der Waals surface area (Å²) in [6, 6.07) is 5.17. The van der Waals surface area contributed by atoms with Crippen LogP contribution in [0.15, 0.2) is 24.3 Å². The van der Waals surface area contributed by atoms with E-state index in [9.17, 15) is 14.4 Å². The van der Waals surface area contributed by atoms with Crippen molar-refractivity contribution in [1.82, 2.24) is 5.32 Å². The van der Waals surface area contributed by atoms with Gasteiger partial charge in [-0.25, -0.2) is 9.59 Å². The van der Waals surface area contributed by atoms with E-state index in [-0.39, 0.29) is 12.0 Å². The molecule has 1 aromatic rings. The van der Waals surface area contributed by atoms with Crippen molar-refractivity contribution in [2.24, 2.45) is 0 Å². The van der Waals surface area contributed by atoms with E-state index in [1.807, 2.05) is 0 Å². The van der Waals surface area contributed by atoms with Crippen LogP contribution in [0.1, 0.15) is 15.9 Å². The molecule has 7 heteroatoms. The number of hydrogen-bond acceptors (Lipinski definition) is 4. The van der Waals surface area contributed by atoms with Crippen LogP contribution >= 0.6 is 0 Å².